The maximum absolute atomic E-state index is 13.5. The standard InChI is InChI=1S/C23H27N5O3S/c1-18(19-11-13-20(14-12-19)27-17-24-16-25-27)26(2)23(29)22-10-6-7-15-28(22)32(30,31)21-8-4-3-5-9-21/h3-5,8-9,11-14,16-18,22H,6-7,10,15H2,1-2H3. The second kappa shape index (κ2) is 9.22. The first kappa shape index (κ1) is 22.2. The number of nitrogens with zero attached hydrogens (tertiary/aromatic N) is 5. The van der Waals surface area contributed by atoms with Crippen LogP contribution >= 0.6 is 0 Å². The van der Waals surface area contributed by atoms with Crippen LogP contribution in [0, 0.1) is 0 Å². The molecular formula is C23H27N5O3S. The van der Waals surface area contributed by atoms with E-state index in [0.29, 0.717) is 13.0 Å². The highest BCUT2D eigenvalue weighted by Gasteiger charge is 2.39. The van der Waals surface area contributed by atoms with E-state index in [-0.39, 0.29) is 16.8 Å². The lowest BCUT2D eigenvalue weighted by molar-refractivity contribution is -0.136. The zero-order chi connectivity index (χ0) is 22.7. The molecule has 1 saturated heterocycles. The van der Waals surface area contributed by atoms with Crippen LogP contribution in [-0.2, 0) is 14.8 Å². The summed E-state index contributed by atoms with van der Waals surface area (Å²) in [6.07, 6.45) is 5.19. The van der Waals surface area contributed by atoms with E-state index in [9.17, 15) is 13.2 Å². The first-order valence-electron chi connectivity index (χ1n) is 10.7. The van der Waals surface area contributed by atoms with Crippen molar-refractivity contribution in [3.63, 3.8) is 0 Å². The number of likely N-dealkylation sites (N-methyl/N-ethyl adjacent to an activating group) is 1. The molecule has 1 aromatic heterocycles. The Labute approximate surface area is 188 Å². The zero-order valence-electron chi connectivity index (χ0n) is 18.2. The van der Waals surface area contributed by atoms with Crippen LogP contribution in [0.25, 0.3) is 5.69 Å². The molecule has 2 heterocycles. The van der Waals surface area contributed by atoms with Gasteiger partial charge in [0.25, 0.3) is 0 Å². The number of aromatic nitrogens is 3. The molecule has 0 bridgehead atoms. The van der Waals surface area contributed by atoms with Crippen LogP contribution < -0.4 is 0 Å². The fraction of sp³-hybridized carbons (Fsp3) is 0.348. The fourth-order valence-corrected chi connectivity index (χ4v) is 5.74. The third-order valence-electron chi connectivity index (χ3n) is 6.08. The van der Waals surface area contributed by atoms with Gasteiger partial charge >= 0.3 is 0 Å². The summed E-state index contributed by atoms with van der Waals surface area (Å²) in [5.74, 6) is -0.183. The summed E-state index contributed by atoms with van der Waals surface area (Å²) < 4.78 is 29.6. The SMILES string of the molecule is CC(c1ccc(-n2cncn2)cc1)N(C)C(=O)C1CCCCN1S(=O)(=O)c1ccccc1. The number of sulfonamides is 1. The molecule has 0 spiro atoms. The molecule has 32 heavy (non-hydrogen) atoms. The van der Waals surface area contributed by atoms with Gasteiger partial charge in [0.15, 0.2) is 0 Å². The van der Waals surface area contributed by atoms with Crippen LogP contribution in [0.15, 0.2) is 72.1 Å². The van der Waals surface area contributed by atoms with Crippen molar-refractivity contribution in [1.82, 2.24) is 24.0 Å². The van der Waals surface area contributed by atoms with E-state index in [1.165, 1.54) is 10.6 Å². The topological polar surface area (TPSA) is 88.4 Å². The van der Waals surface area contributed by atoms with Crippen LogP contribution in [0.1, 0.15) is 37.8 Å². The van der Waals surface area contributed by atoms with Gasteiger partial charge in [0, 0.05) is 13.6 Å². The van der Waals surface area contributed by atoms with Gasteiger partial charge in [0.2, 0.25) is 15.9 Å². The predicted molar refractivity (Wildman–Crippen MR) is 121 cm³/mol. The lowest BCUT2D eigenvalue weighted by Gasteiger charge is -2.37. The van der Waals surface area contributed by atoms with Gasteiger partial charge in [-0.25, -0.2) is 18.1 Å². The Bertz CT molecular complexity index is 1150. The highest BCUT2D eigenvalue weighted by molar-refractivity contribution is 7.89. The average molecular weight is 454 g/mol. The summed E-state index contributed by atoms with van der Waals surface area (Å²) in [6.45, 7) is 2.30. The smallest absolute Gasteiger partial charge is 0.243 e. The van der Waals surface area contributed by atoms with Crippen molar-refractivity contribution in [2.24, 2.45) is 0 Å². The fourth-order valence-electron chi connectivity index (χ4n) is 4.06. The zero-order valence-corrected chi connectivity index (χ0v) is 19.0. The summed E-state index contributed by atoms with van der Waals surface area (Å²) in [4.78, 5) is 19.3. The minimum absolute atomic E-state index is 0.183. The molecule has 8 nitrogen and oxygen atoms in total. The van der Waals surface area contributed by atoms with Crippen LogP contribution in [-0.4, -0.2) is 57.9 Å². The number of hydrogen-bond donors (Lipinski definition) is 0. The van der Waals surface area contributed by atoms with Crippen molar-refractivity contribution in [1.29, 1.82) is 0 Å². The lowest BCUT2D eigenvalue weighted by Crippen LogP contribution is -2.52. The Balaban J connectivity index is 1.53. The van der Waals surface area contributed by atoms with Gasteiger partial charge in [-0.1, -0.05) is 36.8 Å². The van der Waals surface area contributed by atoms with E-state index in [4.69, 9.17) is 0 Å². The predicted octanol–water partition coefficient (Wildman–Crippen LogP) is 3.03. The molecule has 1 aliphatic rings. The maximum Gasteiger partial charge on any atom is 0.243 e. The molecule has 168 valence electrons. The van der Waals surface area contributed by atoms with Gasteiger partial charge in [-0.3, -0.25) is 4.79 Å². The monoisotopic (exact) mass is 453 g/mol. The highest BCUT2D eigenvalue weighted by Crippen LogP contribution is 2.29. The first-order valence-corrected chi connectivity index (χ1v) is 12.1. The molecule has 4 rings (SSSR count). The maximum atomic E-state index is 13.5. The first-order chi connectivity index (χ1) is 15.4. The Kier molecular flexibility index (Phi) is 6.38. The van der Waals surface area contributed by atoms with Crippen LogP contribution in [0.4, 0.5) is 0 Å². The Hall–Kier alpha value is -3.04. The minimum Gasteiger partial charge on any atom is -0.338 e. The molecular weight excluding hydrogens is 426 g/mol. The summed E-state index contributed by atoms with van der Waals surface area (Å²) in [5, 5.41) is 4.12. The van der Waals surface area contributed by atoms with Crippen molar-refractivity contribution in [2.45, 2.75) is 43.2 Å². The third-order valence-corrected chi connectivity index (χ3v) is 8.00. The van der Waals surface area contributed by atoms with Crippen molar-refractivity contribution < 1.29 is 13.2 Å². The van der Waals surface area contributed by atoms with Crippen LogP contribution in [0.3, 0.4) is 0 Å². The summed E-state index contributed by atoms with van der Waals surface area (Å²) in [5.41, 5.74) is 1.83. The van der Waals surface area contributed by atoms with Gasteiger partial charge < -0.3 is 4.90 Å². The molecule has 2 aromatic carbocycles. The second-order valence-electron chi connectivity index (χ2n) is 8.00. The molecule has 1 aliphatic heterocycles. The quantitative estimate of drug-likeness (QED) is 0.572. The van der Waals surface area contributed by atoms with Crippen molar-refractivity contribution in [3.8, 4) is 5.69 Å². The van der Waals surface area contributed by atoms with Crippen molar-refractivity contribution in [3.05, 3.63) is 72.8 Å². The Morgan fingerprint density at radius 3 is 2.47 bits per heavy atom. The number of carbonyl (C=O) groups is 1. The molecule has 2 atom stereocenters. The van der Waals surface area contributed by atoms with Gasteiger partial charge in [-0.2, -0.15) is 9.40 Å². The summed E-state index contributed by atoms with van der Waals surface area (Å²) >= 11 is 0. The normalized spacial score (nSPS) is 18.2. The number of carbonyl (C=O) groups excluding carboxylic acids is 1. The molecule has 1 amide bonds. The van der Waals surface area contributed by atoms with Crippen molar-refractivity contribution in [2.75, 3.05) is 13.6 Å². The van der Waals surface area contributed by atoms with Crippen LogP contribution in [0.2, 0.25) is 0 Å². The molecule has 1 fully saturated rings. The number of hydrogen-bond acceptors (Lipinski definition) is 5. The Morgan fingerprint density at radius 1 is 1.09 bits per heavy atom. The van der Waals surface area contributed by atoms with Crippen molar-refractivity contribution >= 4 is 15.9 Å². The highest BCUT2D eigenvalue weighted by atomic mass is 32.2. The Morgan fingerprint density at radius 2 is 1.81 bits per heavy atom. The van der Waals surface area contributed by atoms with Gasteiger partial charge in [-0.05, 0) is 49.6 Å². The molecule has 0 aliphatic carbocycles. The van der Waals surface area contributed by atoms with Gasteiger partial charge in [0.05, 0.1) is 16.6 Å². The van der Waals surface area contributed by atoms with E-state index in [1.54, 1.807) is 53.3 Å². The summed E-state index contributed by atoms with van der Waals surface area (Å²) in [7, 11) is -2.00. The average Bonchev–Trinajstić information content (AvgIpc) is 3.38. The molecule has 9 heteroatoms. The number of piperidine rings is 1. The molecule has 0 saturated carbocycles. The van der Waals surface area contributed by atoms with Gasteiger partial charge in [-0.15, -0.1) is 0 Å². The van der Waals surface area contributed by atoms with Gasteiger partial charge in [0.1, 0.15) is 18.7 Å². The second-order valence-corrected chi connectivity index (χ2v) is 9.89. The van der Waals surface area contributed by atoms with Crippen LogP contribution in [0.5, 0.6) is 0 Å². The third kappa shape index (κ3) is 4.31. The number of rotatable bonds is 6. The van der Waals surface area contributed by atoms with E-state index in [1.807, 2.05) is 31.2 Å². The minimum atomic E-state index is -3.74. The number of amides is 1. The van der Waals surface area contributed by atoms with E-state index < -0.39 is 16.1 Å². The lowest BCUT2D eigenvalue weighted by atomic mass is 10.0. The largest absolute Gasteiger partial charge is 0.338 e. The summed E-state index contributed by atoms with van der Waals surface area (Å²) in [6, 6.07) is 15.2. The molecule has 3 aromatic rings. The molecule has 0 radical (unpaired) electrons. The molecule has 2 unspecified atom stereocenters. The molecule has 0 N–H and O–H groups in total. The number of benzene rings is 2. The van der Waals surface area contributed by atoms with E-state index in [2.05, 4.69) is 10.1 Å². The van der Waals surface area contributed by atoms with E-state index >= 15 is 0 Å². The van der Waals surface area contributed by atoms with E-state index in [0.717, 1.165) is 24.1 Å².